The third-order valence-electron chi connectivity index (χ3n) is 6.90. The summed E-state index contributed by atoms with van der Waals surface area (Å²) in [5, 5.41) is 0. The van der Waals surface area contributed by atoms with Gasteiger partial charge in [0.1, 0.15) is 5.82 Å². The van der Waals surface area contributed by atoms with E-state index in [1.54, 1.807) is 0 Å². The molecule has 0 spiro atoms. The van der Waals surface area contributed by atoms with Crippen molar-refractivity contribution in [2.45, 2.75) is 38.5 Å². The van der Waals surface area contributed by atoms with Crippen molar-refractivity contribution >= 4 is 11.0 Å². The molecule has 6 rings (SSSR count). The molecule has 1 aliphatic rings. The van der Waals surface area contributed by atoms with E-state index in [4.69, 9.17) is 9.10 Å². The molecule has 1 heterocycles. The number of aryl methyl sites for hydroxylation is 1. The molecule has 4 aromatic carbocycles. The third kappa shape index (κ3) is 3.56. The first-order chi connectivity index (χ1) is 17.5. The quantitative estimate of drug-likeness (QED) is 0.280. The van der Waals surface area contributed by atoms with Crippen molar-refractivity contribution in [3.05, 3.63) is 108 Å². The van der Waals surface area contributed by atoms with Gasteiger partial charge in [-0.3, -0.25) is 4.57 Å². The molecule has 33 heavy (non-hydrogen) atoms. The van der Waals surface area contributed by atoms with Gasteiger partial charge in [-0.25, -0.2) is 4.98 Å². The summed E-state index contributed by atoms with van der Waals surface area (Å²) in [5.74, 6) is 1.12. The Labute approximate surface area is 199 Å². The topological polar surface area (TPSA) is 17.8 Å². The van der Waals surface area contributed by atoms with Crippen molar-refractivity contribution in [2.75, 3.05) is 0 Å². The summed E-state index contributed by atoms with van der Waals surface area (Å²) in [7, 11) is 0. The van der Waals surface area contributed by atoms with Gasteiger partial charge in [-0.05, 0) is 66.6 Å². The average Bonchev–Trinajstić information content (AvgIpc) is 3.57. The first-order valence-corrected chi connectivity index (χ1v) is 11.8. The first kappa shape index (κ1) is 16.9. The van der Waals surface area contributed by atoms with Crippen molar-refractivity contribution in [1.82, 2.24) is 9.55 Å². The van der Waals surface area contributed by atoms with Gasteiger partial charge in [-0.15, -0.1) is 0 Å². The van der Waals surface area contributed by atoms with Gasteiger partial charge >= 0.3 is 0 Å². The van der Waals surface area contributed by atoms with Crippen molar-refractivity contribution in [1.29, 1.82) is 0 Å². The van der Waals surface area contributed by atoms with E-state index in [9.17, 15) is 0 Å². The Balaban J connectivity index is 1.60. The summed E-state index contributed by atoms with van der Waals surface area (Å²) < 4.78 is 26.7. The monoisotopic (exact) mass is 431 g/mol. The molecule has 0 bridgehead atoms. The SMILES string of the molecule is [2H]C([2H])([2H])c1ccc(-c2nc3ccccc3n2-c2ccccc2-c2ccccc2)cc1C1CCCC1. The number of hydrogen-bond donors (Lipinski definition) is 0. The molecule has 0 radical (unpaired) electrons. The van der Waals surface area contributed by atoms with E-state index in [1.807, 2.05) is 36.4 Å². The standard InChI is InChI=1S/C31H28N2/c1-22-19-20-25(21-27(22)24-13-5-6-14-24)31-32-28-16-8-10-18-30(28)33(31)29-17-9-7-15-26(29)23-11-3-2-4-12-23/h2-4,7-12,15-21,24H,5-6,13-14H2,1H3/i1D3. The lowest BCUT2D eigenvalue weighted by Gasteiger charge is -2.17. The largest absolute Gasteiger partial charge is 0.292 e. The molecular formula is C31H28N2. The molecule has 0 aliphatic heterocycles. The Bertz CT molecular complexity index is 1530. The molecule has 5 aromatic rings. The van der Waals surface area contributed by atoms with Crippen LogP contribution in [0.15, 0.2) is 97.1 Å². The zero-order valence-corrected chi connectivity index (χ0v) is 18.5. The molecule has 0 N–H and O–H groups in total. The van der Waals surface area contributed by atoms with E-state index in [1.165, 1.54) is 0 Å². The Morgan fingerprint density at radius 1 is 0.788 bits per heavy atom. The number of fused-ring (bicyclic) bond motifs is 1. The van der Waals surface area contributed by atoms with Crippen molar-refractivity contribution < 1.29 is 4.11 Å². The minimum atomic E-state index is -2.13. The number of aromatic nitrogens is 2. The van der Waals surface area contributed by atoms with E-state index >= 15 is 0 Å². The fraction of sp³-hybridized carbons (Fsp3) is 0.194. The lowest BCUT2D eigenvalue weighted by molar-refractivity contribution is 0.718. The van der Waals surface area contributed by atoms with Gasteiger partial charge in [0, 0.05) is 15.2 Å². The molecular weight excluding hydrogens is 400 g/mol. The van der Waals surface area contributed by atoms with Gasteiger partial charge < -0.3 is 0 Å². The molecule has 1 saturated carbocycles. The number of rotatable bonds is 4. The maximum Gasteiger partial charge on any atom is 0.145 e. The fourth-order valence-electron chi connectivity index (χ4n) is 5.27. The van der Waals surface area contributed by atoms with E-state index in [-0.39, 0.29) is 5.92 Å². The molecule has 1 aliphatic carbocycles. The van der Waals surface area contributed by atoms with Gasteiger partial charge in [0.2, 0.25) is 0 Å². The van der Waals surface area contributed by atoms with Crippen LogP contribution in [-0.4, -0.2) is 9.55 Å². The molecule has 162 valence electrons. The highest BCUT2D eigenvalue weighted by atomic mass is 15.1. The number of imidazole rings is 1. The number of benzene rings is 4. The fourth-order valence-corrected chi connectivity index (χ4v) is 5.27. The molecule has 2 nitrogen and oxygen atoms in total. The first-order valence-electron chi connectivity index (χ1n) is 13.3. The van der Waals surface area contributed by atoms with Crippen molar-refractivity contribution in [2.24, 2.45) is 0 Å². The lowest BCUT2D eigenvalue weighted by atomic mass is 9.91. The highest BCUT2D eigenvalue weighted by molar-refractivity contribution is 5.86. The van der Waals surface area contributed by atoms with Crippen molar-refractivity contribution in [3.63, 3.8) is 0 Å². The van der Waals surface area contributed by atoms with Crippen LogP contribution < -0.4 is 0 Å². The normalized spacial score (nSPS) is 15.9. The van der Waals surface area contributed by atoms with E-state index in [0.29, 0.717) is 5.56 Å². The highest BCUT2D eigenvalue weighted by Gasteiger charge is 2.22. The van der Waals surface area contributed by atoms with Gasteiger partial charge in [-0.2, -0.15) is 0 Å². The number of hydrogen-bond acceptors (Lipinski definition) is 1. The smallest absolute Gasteiger partial charge is 0.145 e. The third-order valence-corrected chi connectivity index (χ3v) is 6.90. The van der Waals surface area contributed by atoms with Crippen LogP contribution in [0, 0.1) is 6.85 Å². The minimum Gasteiger partial charge on any atom is -0.292 e. The van der Waals surface area contributed by atoms with Crippen LogP contribution in [0.4, 0.5) is 0 Å². The second-order valence-corrected chi connectivity index (χ2v) is 8.93. The Morgan fingerprint density at radius 2 is 1.55 bits per heavy atom. The Kier molecular flexibility index (Phi) is 4.29. The van der Waals surface area contributed by atoms with Crippen LogP contribution in [0.1, 0.15) is 46.8 Å². The maximum atomic E-state index is 8.15. The summed E-state index contributed by atoms with van der Waals surface area (Å²) in [6, 6.07) is 32.8. The zero-order chi connectivity index (χ0) is 24.7. The van der Waals surface area contributed by atoms with Crippen LogP contribution in [0.3, 0.4) is 0 Å². The van der Waals surface area contributed by atoms with Crippen LogP contribution in [0.25, 0.3) is 39.2 Å². The predicted molar refractivity (Wildman–Crippen MR) is 138 cm³/mol. The van der Waals surface area contributed by atoms with E-state index in [2.05, 4.69) is 65.2 Å². The molecule has 0 saturated heterocycles. The van der Waals surface area contributed by atoms with Crippen LogP contribution in [0.5, 0.6) is 0 Å². The molecule has 1 aromatic heterocycles. The molecule has 0 unspecified atom stereocenters. The average molecular weight is 432 g/mol. The molecule has 0 amide bonds. The molecule has 1 fully saturated rings. The number of nitrogens with zero attached hydrogens (tertiary/aromatic N) is 2. The molecule has 0 atom stereocenters. The summed E-state index contributed by atoms with van der Waals surface area (Å²) >= 11 is 0. The second-order valence-electron chi connectivity index (χ2n) is 8.93. The lowest BCUT2D eigenvalue weighted by Crippen LogP contribution is -2.02. The van der Waals surface area contributed by atoms with Gasteiger partial charge in [0.05, 0.1) is 16.7 Å². The van der Waals surface area contributed by atoms with E-state index in [0.717, 1.165) is 70.5 Å². The minimum absolute atomic E-state index is 0.287. The Hall–Kier alpha value is -3.65. The van der Waals surface area contributed by atoms with Crippen LogP contribution in [0.2, 0.25) is 0 Å². The van der Waals surface area contributed by atoms with Crippen LogP contribution in [-0.2, 0) is 0 Å². The van der Waals surface area contributed by atoms with Gasteiger partial charge in [-0.1, -0.05) is 85.6 Å². The van der Waals surface area contributed by atoms with Crippen LogP contribution >= 0.6 is 0 Å². The zero-order valence-electron chi connectivity index (χ0n) is 21.5. The van der Waals surface area contributed by atoms with E-state index < -0.39 is 6.85 Å². The Morgan fingerprint density at radius 3 is 2.39 bits per heavy atom. The molecule has 2 heteroatoms. The summed E-state index contributed by atoms with van der Waals surface area (Å²) in [4.78, 5) is 5.08. The number of para-hydroxylation sites is 3. The predicted octanol–water partition coefficient (Wildman–Crippen LogP) is 8.33. The van der Waals surface area contributed by atoms with Crippen molar-refractivity contribution in [3.8, 4) is 28.2 Å². The highest BCUT2D eigenvalue weighted by Crippen LogP contribution is 2.39. The van der Waals surface area contributed by atoms with Gasteiger partial charge in [0.15, 0.2) is 0 Å². The summed E-state index contributed by atoms with van der Waals surface area (Å²) in [6.07, 6.45) is 4.39. The second kappa shape index (κ2) is 8.37. The maximum absolute atomic E-state index is 8.15. The summed E-state index contributed by atoms with van der Waals surface area (Å²) in [6.45, 7) is -2.13. The van der Waals surface area contributed by atoms with Gasteiger partial charge in [0.25, 0.3) is 0 Å². The summed E-state index contributed by atoms with van der Waals surface area (Å²) in [5.41, 5.74) is 7.64.